The molecule has 0 aliphatic heterocycles. The van der Waals surface area contributed by atoms with E-state index in [1.54, 1.807) is 21.3 Å². The predicted octanol–water partition coefficient (Wildman–Crippen LogP) is 5.15. The average Bonchev–Trinajstić information content (AvgIpc) is 2.82. The molecule has 0 radical (unpaired) electrons. The zero-order valence-corrected chi connectivity index (χ0v) is 17.3. The fourth-order valence-electron chi connectivity index (χ4n) is 3.99. The Hall–Kier alpha value is -3.50. The lowest BCUT2D eigenvalue weighted by atomic mass is 9.78. The van der Waals surface area contributed by atoms with Crippen LogP contribution < -0.4 is 14.2 Å². The molecule has 152 valence electrons. The van der Waals surface area contributed by atoms with Crippen LogP contribution in [0.3, 0.4) is 0 Å². The monoisotopic (exact) mass is 400 g/mol. The smallest absolute Gasteiger partial charge is 0.151 e. The Balaban J connectivity index is 2.13. The van der Waals surface area contributed by atoms with Gasteiger partial charge in [-0.15, -0.1) is 0 Å². The Morgan fingerprint density at radius 2 is 0.967 bits per heavy atom. The number of fused-ring (bicyclic) bond motifs is 1. The van der Waals surface area contributed by atoms with E-state index < -0.39 is 5.60 Å². The van der Waals surface area contributed by atoms with Crippen molar-refractivity contribution in [2.24, 2.45) is 0 Å². The van der Waals surface area contributed by atoms with Gasteiger partial charge in [-0.05, 0) is 35.0 Å². The molecular formula is C26H24O4. The Labute approximate surface area is 176 Å². The molecule has 4 aromatic rings. The number of hydrogen-bond acceptors (Lipinski definition) is 4. The highest BCUT2D eigenvalue weighted by Gasteiger charge is 2.41. The number of aliphatic hydroxyl groups is 1. The molecular weight excluding hydrogens is 376 g/mol. The molecule has 4 heteroatoms. The van der Waals surface area contributed by atoms with Crippen LogP contribution in [0.1, 0.15) is 16.7 Å². The van der Waals surface area contributed by atoms with Crippen LogP contribution in [0.15, 0.2) is 84.9 Å². The summed E-state index contributed by atoms with van der Waals surface area (Å²) in [5, 5.41) is 14.5. The normalized spacial score (nSPS) is 11.3. The van der Waals surface area contributed by atoms with Gasteiger partial charge in [-0.2, -0.15) is 0 Å². The third-order valence-corrected chi connectivity index (χ3v) is 5.45. The third-order valence-electron chi connectivity index (χ3n) is 5.45. The molecule has 1 N–H and O–H groups in total. The largest absolute Gasteiger partial charge is 0.496 e. The van der Waals surface area contributed by atoms with E-state index in [-0.39, 0.29) is 0 Å². The molecule has 0 fully saturated rings. The average molecular weight is 400 g/mol. The minimum Gasteiger partial charge on any atom is -0.496 e. The maximum absolute atomic E-state index is 12.5. The Morgan fingerprint density at radius 3 is 1.47 bits per heavy atom. The Bertz CT molecular complexity index is 1130. The second-order valence-corrected chi connectivity index (χ2v) is 7.01. The fourth-order valence-corrected chi connectivity index (χ4v) is 3.99. The van der Waals surface area contributed by atoms with Gasteiger partial charge in [-0.3, -0.25) is 0 Å². The highest BCUT2D eigenvalue weighted by Crippen LogP contribution is 2.48. The first-order valence-corrected chi connectivity index (χ1v) is 9.70. The topological polar surface area (TPSA) is 47.9 Å². The van der Waals surface area contributed by atoms with Crippen molar-refractivity contribution in [3.63, 3.8) is 0 Å². The van der Waals surface area contributed by atoms with E-state index in [1.165, 1.54) is 0 Å². The van der Waals surface area contributed by atoms with Gasteiger partial charge in [0.1, 0.15) is 17.2 Å². The van der Waals surface area contributed by atoms with Crippen LogP contribution in [0.2, 0.25) is 0 Å². The summed E-state index contributed by atoms with van der Waals surface area (Å²) in [6.07, 6.45) is 0. The van der Waals surface area contributed by atoms with Crippen LogP contribution in [0.5, 0.6) is 17.2 Å². The lowest BCUT2D eigenvalue weighted by molar-refractivity contribution is 0.115. The van der Waals surface area contributed by atoms with E-state index in [4.69, 9.17) is 14.2 Å². The second-order valence-electron chi connectivity index (χ2n) is 7.01. The highest BCUT2D eigenvalue weighted by atomic mass is 16.5. The van der Waals surface area contributed by atoms with Crippen molar-refractivity contribution in [3.05, 3.63) is 102 Å². The fraction of sp³-hybridized carbons (Fsp3) is 0.154. The van der Waals surface area contributed by atoms with Crippen molar-refractivity contribution in [1.82, 2.24) is 0 Å². The van der Waals surface area contributed by atoms with Gasteiger partial charge in [-0.1, -0.05) is 60.7 Å². The van der Waals surface area contributed by atoms with E-state index in [9.17, 15) is 5.11 Å². The third kappa shape index (κ3) is 3.15. The minimum absolute atomic E-state index is 0.570. The molecule has 0 saturated heterocycles. The summed E-state index contributed by atoms with van der Waals surface area (Å²) in [6.45, 7) is 0. The van der Waals surface area contributed by atoms with E-state index in [1.807, 2.05) is 84.9 Å². The molecule has 0 spiro atoms. The van der Waals surface area contributed by atoms with Gasteiger partial charge in [0.15, 0.2) is 5.60 Å². The molecule has 0 unspecified atom stereocenters. The minimum atomic E-state index is -1.57. The molecule has 0 saturated carbocycles. The van der Waals surface area contributed by atoms with Gasteiger partial charge in [0.2, 0.25) is 0 Å². The lowest BCUT2D eigenvalue weighted by Crippen LogP contribution is -2.30. The van der Waals surface area contributed by atoms with E-state index in [0.717, 1.165) is 10.8 Å². The number of benzene rings is 4. The summed E-state index contributed by atoms with van der Waals surface area (Å²) in [5.74, 6) is 1.72. The van der Waals surface area contributed by atoms with Crippen LogP contribution in [-0.2, 0) is 5.60 Å². The molecule has 0 amide bonds. The molecule has 4 nitrogen and oxygen atoms in total. The molecule has 4 aromatic carbocycles. The quantitative estimate of drug-likeness (QED) is 0.455. The molecule has 0 bridgehead atoms. The SMILES string of the molecule is COc1ccccc1C(O)(c1ccccc1OC)c1cc2ccccc2cc1OC. The molecule has 0 aliphatic carbocycles. The van der Waals surface area contributed by atoms with E-state index in [0.29, 0.717) is 33.9 Å². The lowest BCUT2D eigenvalue weighted by Gasteiger charge is -2.33. The van der Waals surface area contributed by atoms with Gasteiger partial charge >= 0.3 is 0 Å². The van der Waals surface area contributed by atoms with Crippen molar-refractivity contribution in [2.75, 3.05) is 21.3 Å². The van der Waals surface area contributed by atoms with Gasteiger partial charge in [0.25, 0.3) is 0 Å². The van der Waals surface area contributed by atoms with Gasteiger partial charge in [-0.25, -0.2) is 0 Å². The molecule has 0 aromatic heterocycles. The summed E-state index contributed by atoms with van der Waals surface area (Å²) in [4.78, 5) is 0. The summed E-state index contributed by atoms with van der Waals surface area (Å²) in [5.41, 5.74) is 0.239. The van der Waals surface area contributed by atoms with Gasteiger partial charge < -0.3 is 19.3 Å². The number of ether oxygens (including phenoxy) is 3. The number of methoxy groups -OCH3 is 3. The zero-order valence-electron chi connectivity index (χ0n) is 17.3. The summed E-state index contributed by atoms with van der Waals surface area (Å²) < 4.78 is 17.0. The Kier molecular flexibility index (Phi) is 5.34. The maximum Gasteiger partial charge on any atom is 0.151 e. The maximum atomic E-state index is 12.5. The van der Waals surface area contributed by atoms with Crippen LogP contribution in [0, 0.1) is 0 Å². The summed E-state index contributed by atoms with van der Waals surface area (Å²) in [6, 6.07) is 26.8. The van der Waals surface area contributed by atoms with Crippen LogP contribution >= 0.6 is 0 Å². The molecule has 30 heavy (non-hydrogen) atoms. The highest BCUT2D eigenvalue weighted by molar-refractivity contribution is 5.86. The number of para-hydroxylation sites is 2. The van der Waals surface area contributed by atoms with Crippen molar-refractivity contribution < 1.29 is 19.3 Å². The van der Waals surface area contributed by atoms with Crippen molar-refractivity contribution >= 4 is 10.8 Å². The van der Waals surface area contributed by atoms with Crippen LogP contribution in [0.4, 0.5) is 0 Å². The van der Waals surface area contributed by atoms with Gasteiger partial charge in [0.05, 0.1) is 21.3 Å². The zero-order chi connectivity index (χ0) is 21.1. The molecule has 0 atom stereocenters. The predicted molar refractivity (Wildman–Crippen MR) is 119 cm³/mol. The number of hydrogen-bond donors (Lipinski definition) is 1. The Morgan fingerprint density at radius 1 is 0.533 bits per heavy atom. The first-order chi connectivity index (χ1) is 14.6. The van der Waals surface area contributed by atoms with Crippen molar-refractivity contribution in [3.8, 4) is 17.2 Å². The van der Waals surface area contributed by atoms with Crippen molar-refractivity contribution in [2.45, 2.75) is 5.60 Å². The van der Waals surface area contributed by atoms with Crippen LogP contribution in [-0.4, -0.2) is 26.4 Å². The van der Waals surface area contributed by atoms with Crippen molar-refractivity contribution in [1.29, 1.82) is 0 Å². The standard InChI is InChI=1S/C26H24O4/c1-28-23-14-8-6-12-20(23)26(27,21-13-7-9-15-24(21)29-2)22-16-18-10-4-5-11-19(18)17-25(22)30-3/h4-17,27H,1-3H3. The van der Waals surface area contributed by atoms with Gasteiger partial charge in [0, 0.05) is 16.7 Å². The first-order valence-electron chi connectivity index (χ1n) is 9.70. The first kappa shape index (κ1) is 19.8. The molecule has 0 aliphatic rings. The number of rotatable bonds is 6. The van der Waals surface area contributed by atoms with E-state index >= 15 is 0 Å². The van der Waals surface area contributed by atoms with Crippen LogP contribution in [0.25, 0.3) is 10.8 Å². The second kappa shape index (κ2) is 8.09. The summed E-state index contributed by atoms with van der Waals surface area (Å²) in [7, 11) is 4.80. The molecule has 0 heterocycles. The molecule has 4 rings (SSSR count). The van der Waals surface area contributed by atoms with E-state index in [2.05, 4.69) is 0 Å². The summed E-state index contributed by atoms with van der Waals surface area (Å²) >= 11 is 0.